The fraction of sp³-hybridized carbons (Fsp3) is 0.294. The van der Waals surface area contributed by atoms with E-state index in [2.05, 4.69) is 11.0 Å². The van der Waals surface area contributed by atoms with Crippen molar-refractivity contribution < 1.29 is 23.1 Å². The second-order valence-electron chi connectivity index (χ2n) is 5.40. The average Bonchev–Trinajstić information content (AvgIpc) is 2.95. The molecule has 0 fully saturated rings. The van der Waals surface area contributed by atoms with Gasteiger partial charge < -0.3 is 9.84 Å². The van der Waals surface area contributed by atoms with E-state index < -0.39 is 15.6 Å². The number of carbonyl (C=O) groups is 1. The van der Waals surface area contributed by atoms with E-state index in [1.807, 2.05) is 0 Å². The van der Waals surface area contributed by atoms with Crippen LogP contribution in [0.2, 0.25) is 5.02 Å². The van der Waals surface area contributed by atoms with Gasteiger partial charge in [-0.15, -0.1) is 6.42 Å². The van der Waals surface area contributed by atoms with E-state index in [0.717, 1.165) is 6.26 Å². The molecule has 0 unspecified atom stereocenters. The first-order valence-electron chi connectivity index (χ1n) is 7.54. The molecule has 2 aromatic rings. The fourth-order valence-corrected chi connectivity index (χ4v) is 3.67. The maximum absolute atomic E-state index is 12.7. The molecule has 26 heavy (non-hydrogen) atoms. The van der Waals surface area contributed by atoms with E-state index in [-0.39, 0.29) is 45.7 Å². The Morgan fingerprint density at radius 2 is 2.12 bits per heavy atom. The Morgan fingerprint density at radius 3 is 2.65 bits per heavy atom. The zero-order valence-corrected chi connectivity index (χ0v) is 15.8. The number of terminal acetylenes is 1. The number of halogens is 1. The molecule has 0 aliphatic rings. The fourth-order valence-electron chi connectivity index (χ4n) is 2.39. The number of sulfone groups is 1. The highest BCUT2D eigenvalue weighted by atomic mass is 35.5. The van der Waals surface area contributed by atoms with Crippen LogP contribution in [-0.4, -0.2) is 42.0 Å². The minimum Gasteiger partial charge on any atom is -0.493 e. The molecule has 0 saturated heterocycles. The number of benzene rings is 1. The van der Waals surface area contributed by atoms with Crippen molar-refractivity contribution in [2.45, 2.75) is 25.0 Å². The summed E-state index contributed by atoms with van der Waals surface area (Å²) >= 11 is 6.31. The van der Waals surface area contributed by atoms with Gasteiger partial charge in [-0.1, -0.05) is 17.5 Å². The smallest absolute Gasteiger partial charge is 0.220 e. The second kappa shape index (κ2) is 7.91. The number of carbonyl (C=O) groups excluding carboxylic acids is 1. The molecule has 7 nitrogen and oxygen atoms in total. The minimum absolute atomic E-state index is 0.0312. The van der Waals surface area contributed by atoms with Crippen LogP contribution in [0.4, 0.5) is 0 Å². The van der Waals surface area contributed by atoms with Crippen molar-refractivity contribution in [2.75, 3.05) is 12.9 Å². The molecule has 0 saturated carbocycles. The van der Waals surface area contributed by atoms with Crippen LogP contribution in [0.3, 0.4) is 0 Å². The maximum atomic E-state index is 12.7. The molecule has 2 rings (SSSR count). The molecule has 138 valence electrons. The number of aryl methyl sites for hydroxylation is 1. The maximum Gasteiger partial charge on any atom is 0.220 e. The number of hydrogen-bond acceptors (Lipinski definition) is 6. The van der Waals surface area contributed by atoms with Crippen LogP contribution < -0.4 is 0 Å². The highest BCUT2D eigenvalue weighted by Gasteiger charge is 2.25. The van der Waals surface area contributed by atoms with Crippen molar-refractivity contribution >= 4 is 27.2 Å². The van der Waals surface area contributed by atoms with Gasteiger partial charge in [0.15, 0.2) is 9.84 Å². The van der Waals surface area contributed by atoms with Crippen LogP contribution in [0.5, 0.6) is 5.88 Å². The van der Waals surface area contributed by atoms with E-state index in [4.69, 9.17) is 22.8 Å². The lowest BCUT2D eigenvalue weighted by molar-refractivity contribution is 0.103. The number of ether oxygens (including phenoxy) is 1. The molecule has 1 heterocycles. The molecule has 0 spiro atoms. The predicted molar refractivity (Wildman–Crippen MR) is 96.0 cm³/mol. The molecular formula is C17H17ClN2O5S. The Hall–Kier alpha value is -2.34. The predicted octanol–water partition coefficient (Wildman–Crippen LogP) is 2.05. The van der Waals surface area contributed by atoms with Gasteiger partial charge in [0.2, 0.25) is 11.7 Å². The van der Waals surface area contributed by atoms with Gasteiger partial charge in [-0.2, -0.15) is 5.10 Å². The lowest BCUT2D eigenvalue weighted by atomic mass is 10.0. The van der Waals surface area contributed by atoms with E-state index in [0.29, 0.717) is 6.54 Å². The number of rotatable bonds is 7. The Balaban J connectivity index is 2.56. The van der Waals surface area contributed by atoms with E-state index in [1.54, 1.807) is 6.92 Å². The first-order chi connectivity index (χ1) is 12.2. The van der Waals surface area contributed by atoms with Gasteiger partial charge in [-0.3, -0.25) is 4.79 Å². The highest BCUT2D eigenvalue weighted by Crippen LogP contribution is 2.31. The van der Waals surface area contributed by atoms with Gasteiger partial charge in [-0.25, -0.2) is 13.1 Å². The molecule has 1 N–H and O–H groups in total. The third-order valence-corrected chi connectivity index (χ3v) is 5.25. The summed E-state index contributed by atoms with van der Waals surface area (Å²) in [4.78, 5) is 12.7. The molecule has 0 aliphatic carbocycles. The van der Waals surface area contributed by atoms with Crippen molar-refractivity contribution in [1.29, 1.82) is 0 Å². The van der Waals surface area contributed by atoms with Crippen molar-refractivity contribution in [3.05, 3.63) is 40.0 Å². The third kappa shape index (κ3) is 3.90. The van der Waals surface area contributed by atoms with Crippen molar-refractivity contribution in [2.24, 2.45) is 0 Å². The Labute approximate surface area is 156 Å². The summed E-state index contributed by atoms with van der Waals surface area (Å²) in [5, 5.41) is 13.9. The third-order valence-electron chi connectivity index (χ3n) is 3.63. The van der Waals surface area contributed by atoms with Crippen LogP contribution >= 0.6 is 11.6 Å². The van der Waals surface area contributed by atoms with Gasteiger partial charge in [0, 0.05) is 23.9 Å². The van der Waals surface area contributed by atoms with Gasteiger partial charge in [0.1, 0.15) is 12.2 Å². The molecule has 1 aromatic heterocycles. The Kier molecular flexibility index (Phi) is 6.08. The standard InChI is InChI=1S/C17H17ClN2O5S/c1-4-8-25-10-13-14(26(3,23)24)7-6-11(15(13)18)16(21)12-9-19-20(5-2)17(12)22/h1,6-7,9,22H,5,8,10H2,2-3H3. The van der Waals surface area contributed by atoms with Gasteiger partial charge >= 0.3 is 0 Å². The molecule has 0 aliphatic heterocycles. The molecular weight excluding hydrogens is 380 g/mol. The molecule has 9 heteroatoms. The van der Waals surface area contributed by atoms with Crippen LogP contribution in [0.25, 0.3) is 0 Å². The summed E-state index contributed by atoms with van der Waals surface area (Å²) in [6.45, 7) is 1.93. The first kappa shape index (κ1) is 20.0. The number of aromatic hydroxyl groups is 1. The van der Waals surface area contributed by atoms with Crippen LogP contribution in [0, 0.1) is 12.3 Å². The highest BCUT2D eigenvalue weighted by molar-refractivity contribution is 7.90. The topological polar surface area (TPSA) is 98.5 Å². The van der Waals surface area contributed by atoms with Crippen molar-refractivity contribution in [3.8, 4) is 18.2 Å². The summed E-state index contributed by atoms with van der Waals surface area (Å²) in [5.41, 5.74) is 0.137. The van der Waals surface area contributed by atoms with E-state index >= 15 is 0 Å². The zero-order valence-electron chi connectivity index (χ0n) is 14.2. The number of nitrogens with zero attached hydrogens (tertiary/aromatic N) is 2. The molecule has 1 aromatic carbocycles. The number of aromatic nitrogens is 2. The number of hydrogen-bond donors (Lipinski definition) is 1. The zero-order chi connectivity index (χ0) is 19.5. The second-order valence-corrected chi connectivity index (χ2v) is 7.76. The lowest BCUT2D eigenvalue weighted by Gasteiger charge is -2.13. The van der Waals surface area contributed by atoms with E-state index in [9.17, 15) is 18.3 Å². The normalized spacial score (nSPS) is 11.3. The monoisotopic (exact) mass is 396 g/mol. The Bertz CT molecular complexity index is 989. The summed E-state index contributed by atoms with van der Waals surface area (Å²) in [7, 11) is -3.60. The quantitative estimate of drug-likeness (QED) is 0.437. The summed E-state index contributed by atoms with van der Waals surface area (Å²) in [5.74, 6) is 1.41. The first-order valence-corrected chi connectivity index (χ1v) is 9.81. The van der Waals surface area contributed by atoms with Crippen molar-refractivity contribution in [3.63, 3.8) is 0 Å². The molecule has 0 amide bonds. The number of ketones is 1. The van der Waals surface area contributed by atoms with Crippen LogP contribution in [0.15, 0.2) is 23.2 Å². The summed E-state index contributed by atoms with van der Waals surface area (Å²) < 4.78 is 30.4. The minimum atomic E-state index is -3.60. The molecule has 0 radical (unpaired) electrons. The summed E-state index contributed by atoms with van der Waals surface area (Å²) in [6.07, 6.45) is 7.39. The summed E-state index contributed by atoms with van der Waals surface area (Å²) in [6, 6.07) is 2.58. The van der Waals surface area contributed by atoms with Crippen molar-refractivity contribution in [1.82, 2.24) is 9.78 Å². The average molecular weight is 397 g/mol. The van der Waals surface area contributed by atoms with Crippen LogP contribution in [0.1, 0.15) is 28.4 Å². The van der Waals surface area contributed by atoms with Gasteiger partial charge in [0.05, 0.1) is 22.7 Å². The molecule has 0 atom stereocenters. The van der Waals surface area contributed by atoms with Crippen LogP contribution in [-0.2, 0) is 27.7 Å². The Morgan fingerprint density at radius 1 is 1.42 bits per heavy atom. The van der Waals surface area contributed by atoms with E-state index in [1.165, 1.54) is 23.0 Å². The molecule has 0 bridgehead atoms. The lowest BCUT2D eigenvalue weighted by Crippen LogP contribution is -2.10. The van der Waals surface area contributed by atoms with Gasteiger partial charge in [-0.05, 0) is 19.1 Å². The SMILES string of the molecule is C#CCOCc1c(S(C)(=O)=O)ccc(C(=O)c2cnn(CC)c2O)c1Cl. The van der Waals surface area contributed by atoms with Gasteiger partial charge in [0.25, 0.3) is 0 Å². The largest absolute Gasteiger partial charge is 0.493 e.